The van der Waals surface area contributed by atoms with E-state index in [1.807, 2.05) is 0 Å². The fourth-order valence-electron chi connectivity index (χ4n) is 2.51. The van der Waals surface area contributed by atoms with Gasteiger partial charge in [0.15, 0.2) is 10.8 Å². The lowest BCUT2D eigenvalue weighted by Crippen LogP contribution is -2.12. The number of anilines is 1. The number of nitriles is 1. The zero-order valence-electron chi connectivity index (χ0n) is 14.0. The number of aromatic nitrogens is 3. The first kappa shape index (κ1) is 18.7. The molecule has 136 valence electrons. The summed E-state index contributed by atoms with van der Waals surface area (Å²) in [5, 5.41) is 22.6. The van der Waals surface area contributed by atoms with Crippen molar-refractivity contribution in [2.45, 2.75) is 18.0 Å². The fraction of sp³-hybridized carbons (Fsp3) is 0.118. The van der Waals surface area contributed by atoms with Crippen LogP contribution >= 0.6 is 11.6 Å². The normalized spacial score (nSPS) is 12.7. The first-order valence-electron chi connectivity index (χ1n) is 7.66. The Balaban J connectivity index is 1.84. The van der Waals surface area contributed by atoms with E-state index in [9.17, 15) is 4.21 Å². The van der Waals surface area contributed by atoms with Crippen molar-refractivity contribution in [3.05, 3.63) is 47.2 Å². The SMILES string of the molecule is C#CCn1nc(Cl)c2c(NCc3ccc(S(N)(=O)=NC#N)cc3)ccnc21. The third-order valence-electron chi connectivity index (χ3n) is 3.75. The van der Waals surface area contributed by atoms with Gasteiger partial charge < -0.3 is 5.32 Å². The average molecular weight is 400 g/mol. The molecule has 1 unspecified atom stereocenters. The van der Waals surface area contributed by atoms with E-state index in [1.165, 1.54) is 6.19 Å². The van der Waals surface area contributed by atoms with E-state index in [4.69, 9.17) is 28.4 Å². The van der Waals surface area contributed by atoms with Gasteiger partial charge in [0.2, 0.25) is 6.19 Å². The molecule has 27 heavy (non-hydrogen) atoms. The summed E-state index contributed by atoms with van der Waals surface area (Å²) in [6.45, 7) is 0.741. The van der Waals surface area contributed by atoms with Crippen molar-refractivity contribution in [3.8, 4) is 18.5 Å². The molecule has 0 aliphatic heterocycles. The Morgan fingerprint density at radius 1 is 1.37 bits per heavy atom. The Morgan fingerprint density at radius 2 is 2.11 bits per heavy atom. The second kappa shape index (κ2) is 7.64. The van der Waals surface area contributed by atoms with Gasteiger partial charge >= 0.3 is 0 Å². The van der Waals surface area contributed by atoms with Crippen LogP contribution in [0.4, 0.5) is 5.69 Å². The number of nitrogens with one attached hydrogen (secondary N) is 1. The van der Waals surface area contributed by atoms with Crippen molar-refractivity contribution in [1.82, 2.24) is 14.8 Å². The molecule has 0 saturated heterocycles. The molecular formula is C17H14ClN7OS. The Labute approximate surface area is 161 Å². The van der Waals surface area contributed by atoms with Crippen LogP contribution in [0.1, 0.15) is 5.56 Å². The molecule has 0 aliphatic carbocycles. The maximum atomic E-state index is 12.0. The topological polar surface area (TPSA) is 122 Å². The predicted octanol–water partition coefficient (Wildman–Crippen LogP) is 2.51. The number of nitrogens with two attached hydrogens (primary N) is 1. The maximum absolute atomic E-state index is 12.0. The molecule has 0 aliphatic rings. The predicted molar refractivity (Wildman–Crippen MR) is 104 cm³/mol. The highest BCUT2D eigenvalue weighted by Gasteiger charge is 2.13. The zero-order valence-corrected chi connectivity index (χ0v) is 15.5. The van der Waals surface area contributed by atoms with E-state index < -0.39 is 9.92 Å². The number of hydrogen-bond donors (Lipinski definition) is 2. The Morgan fingerprint density at radius 3 is 2.78 bits per heavy atom. The molecule has 3 N–H and O–H groups in total. The number of pyridine rings is 1. The van der Waals surface area contributed by atoms with Gasteiger partial charge in [-0.05, 0) is 23.8 Å². The van der Waals surface area contributed by atoms with Gasteiger partial charge in [-0.3, -0.25) is 0 Å². The molecular weight excluding hydrogens is 386 g/mol. The quantitative estimate of drug-likeness (QED) is 0.504. The number of hydrogen-bond acceptors (Lipinski definition) is 6. The maximum Gasteiger partial charge on any atom is 0.216 e. The number of benzene rings is 1. The highest BCUT2D eigenvalue weighted by molar-refractivity contribution is 7.91. The minimum Gasteiger partial charge on any atom is -0.380 e. The molecule has 0 saturated carbocycles. The van der Waals surface area contributed by atoms with Crippen LogP contribution in [-0.4, -0.2) is 19.0 Å². The van der Waals surface area contributed by atoms with E-state index in [1.54, 1.807) is 41.2 Å². The Hall–Kier alpha value is -3.11. The van der Waals surface area contributed by atoms with Gasteiger partial charge in [0.25, 0.3) is 0 Å². The first-order chi connectivity index (χ1) is 13.0. The minimum absolute atomic E-state index is 0.271. The fourth-order valence-corrected chi connectivity index (χ4v) is 3.54. The van der Waals surface area contributed by atoms with Gasteiger partial charge in [0.1, 0.15) is 16.5 Å². The van der Waals surface area contributed by atoms with E-state index in [2.05, 4.69) is 25.7 Å². The lowest BCUT2D eigenvalue weighted by molar-refractivity contribution is 0.678. The summed E-state index contributed by atoms with van der Waals surface area (Å²) < 4.78 is 16.9. The van der Waals surface area contributed by atoms with Gasteiger partial charge in [-0.2, -0.15) is 10.4 Å². The molecule has 2 heterocycles. The van der Waals surface area contributed by atoms with Crippen molar-refractivity contribution in [2.24, 2.45) is 9.50 Å². The molecule has 0 bridgehead atoms. The molecule has 10 heteroatoms. The molecule has 3 aromatic rings. The van der Waals surface area contributed by atoms with Crippen LogP contribution in [0.25, 0.3) is 11.0 Å². The van der Waals surface area contributed by atoms with Gasteiger partial charge in [-0.15, -0.1) is 10.8 Å². The number of fused-ring (bicyclic) bond motifs is 1. The molecule has 0 amide bonds. The summed E-state index contributed by atoms with van der Waals surface area (Å²) >= 11 is 6.24. The van der Waals surface area contributed by atoms with Gasteiger partial charge in [-0.1, -0.05) is 29.7 Å². The lowest BCUT2D eigenvalue weighted by Gasteiger charge is -2.09. The highest BCUT2D eigenvalue weighted by atomic mass is 35.5. The second-order valence-electron chi connectivity index (χ2n) is 5.47. The summed E-state index contributed by atoms with van der Waals surface area (Å²) in [5.41, 5.74) is 2.27. The van der Waals surface area contributed by atoms with E-state index in [0.717, 1.165) is 11.3 Å². The summed E-state index contributed by atoms with van der Waals surface area (Å²) in [4.78, 5) is 4.58. The lowest BCUT2D eigenvalue weighted by atomic mass is 10.2. The molecule has 1 aromatic carbocycles. The van der Waals surface area contributed by atoms with Crippen LogP contribution in [0.5, 0.6) is 0 Å². The van der Waals surface area contributed by atoms with E-state index in [0.29, 0.717) is 22.7 Å². The van der Waals surface area contributed by atoms with Crippen LogP contribution in [0, 0.1) is 23.8 Å². The molecule has 2 aromatic heterocycles. The van der Waals surface area contributed by atoms with E-state index in [-0.39, 0.29) is 11.4 Å². The van der Waals surface area contributed by atoms with Crippen LogP contribution in [0.3, 0.4) is 0 Å². The molecule has 8 nitrogen and oxygen atoms in total. The number of rotatable bonds is 5. The summed E-state index contributed by atoms with van der Waals surface area (Å²) in [6, 6.07) is 8.47. The molecule has 0 spiro atoms. The molecule has 0 fully saturated rings. The van der Waals surface area contributed by atoms with Crippen molar-refractivity contribution in [3.63, 3.8) is 0 Å². The van der Waals surface area contributed by atoms with Crippen molar-refractivity contribution < 1.29 is 4.21 Å². The monoisotopic (exact) mass is 399 g/mol. The van der Waals surface area contributed by atoms with Gasteiger partial charge in [-0.25, -0.2) is 19.0 Å². The number of nitrogens with zero attached hydrogens (tertiary/aromatic N) is 5. The van der Waals surface area contributed by atoms with Crippen LogP contribution in [0.2, 0.25) is 5.15 Å². The minimum atomic E-state index is -3.19. The highest BCUT2D eigenvalue weighted by Crippen LogP contribution is 2.29. The van der Waals surface area contributed by atoms with Crippen molar-refractivity contribution >= 4 is 38.2 Å². The smallest absolute Gasteiger partial charge is 0.216 e. The Bertz CT molecular complexity index is 1190. The largest absolute Gasteiger partial charge is 0.380 e. The van der Waals surface area contributed by atoms with Gasteiger partial charge in [0.05, 0.1) is 16.0 Å². The second-order valence-corrected chi connectivity index (χ2v) is 7.62. The summed E-state index contributed by atoms with van der Waals surface area (Å²) in [6.07, 6.45) is 8.46. The average Bonchev–Trinajstić information content (AvgIpc) is 2.97. The standard InChI is InChI=1S/C17H14ClN7OS/c1-2-9-25-17-15(16(18)24-25)14(7-8-21-17)22-10-12-3-5-13(6-4-12)27(20,26)23-11-19/h1,3-8H,9-10H2,(H,21,22)(H2,20,23,26). The molecule has 0 radical (unpaired) electrons. The van der Waals surface area contributed by atoms with E-state index >= 15 is 0 Å². The third kappa shape index (κ3) is 3.86. The molecule has 3 rings (SSSR count). The van der Waals surface area contributed by atoms with Crippen LogP contribution in [-0.2, 0) is 23.0 Å². The first-order valence-corrected chi connectivity index (χ1v) is 9.62. The third-order valence-corrected chi connectivity index (χ3v) is 5.32. The van der Waals surface area contributed by atoms with Gasteiger partial charge in [0, 0.05) is 12.7 Å². The Kier molecular flexibility index (Phi) is 5.28. The van der Waals surface area contributed by atoms with Crippen molar-refractivity contribution in [1.29, 1.82) is 5.26 Å². The van der Waals surface area contributed by atoms with Crippen LogP contribution in [0.15, 0.2) is 45.8 Å². The summed E-state index contributed by atoms with van der Waals surface area (Å²) in [5.74, 6) is 2.51. The zero-order chi connectivity index (χ0) is 19.4. The number of terminal acetylenes is 1. The van der Waals surface area contributed by atoms with Crippen LogP contribution < -0.4 is 10.5 Å². The summed E-state index contributed by atoms with van der Waals surface area (Å²) in [7, 11) is -3.19. The molecule has 1 atom stereocenters. The van der Waals surface area contributed by atoms with Crippen molar-refractivity contribution in [2.75, 3.05) is 5.32 Å². The number of halogens is 1.